The van der Waals surface area contributed by atoms with Gasteiger partial charge in [0.05, 0.1) is 6.10 Å². The summed E-state index contributed by atoms with van der Waals surface area (Å²) in [5.41, 5.74) is 2.21. The predicted molar refractivity (Wildman–Crippen MR) is 83.5 cm³/mol. The zero-order valence-electron chi connectivity index (χ0n) is 10.9. The number of aliphatic hydroxyl groups excluding tert-OH is 1. The van der Waals surface area contributed by atoms with Crippen LogP contribution in [0, 0.1) is 0 Å². The zero-order valence-corrected chi connectivity index (χ0v) is 13.3. The largest absolute Gasteiger partial charge is 0.389 e. The molecule has 1 N–H and O–H groups in total. The van der Waals surface area contributed by atoms with Crippen LogP contribution in [0.15, 0.2) is 22.7 Å². The Morgan fingerprint density at radius 1 is 1.56 bits per heavy atom. The van der Waals surface area contributed by atoms with Gasteiger partial charge in [-0.15, -0.1) is 0 Å². The minimum Gasteiger partial charge on any atom is -0.389 e. The SMILES string of the molecule is CCC1CN(c2ccc(Br)cc2C(C)O)CCS1. The van der Waals surface area contributed by atoms with Gasteiger partial charge in [0.1, 0.15) is 0 Å². The van der Waals surface area contributed by atoms with E-state index in [4.69, 9.17) is 0 Å². The fourth-order valence-electron chi connectivity index (χ4n) is 2.33. The number of nitrogens with zero attached hydrogens (tertiary/aromatic N) is 1. The number of hydrogen-bond acceptors (Lipinski definition) is 3. The van der Waals surface area contributed by atoms with E-state index in [1.807, 2.05) is 13.0 Å². The second-order valence-electron chi connectivity index (χ2n) is 4.73. The van der Waals surface area contributed by atoms with Crippen molar-refractivity contribution in [2.24, 2.45) is 0 Å². The summed E-state index contributed by atoms with van der Waals surface area (Å²) >= 11 is 5.55. The highest BCUT2D eigenvalue weighted by molar-refractivity contribution is 9.10. The van der Waals surface area contributed by atoms with Gasteiger partial charge >= 0.3 is 0 Å². The first kappa shape index (κ1) is 14.2. The Hall–Kier alpha value is -0.190. The van der Waals surface area contributed by atoms with Crippen molar-refractivity contribution in [1.29, 1.82) is 0 Å². The van der Waals surface area contributed by atoms with E-state index in [0.29, 0.717) is 5.25 Å². The molecule has 1 saturated heterocycles. The molecule has 0 aromatic heterocycles. The number of rotatable bonds is 3. The quantitative estimate of drug-likeness (QED) is 0.911. The third-order valence-electron chi connectivity index (χ3n) is 3.37. The normalized spacial score (nSPS) is 22.0. The molecule has 0 saturated carbocycles. The average molecular weight is 330 g/mol. The topological polar surface area (TPSA) is 23.5 Å². The van der Waals surface area contributed by atoms with E-state index in [1.165, 1.54) is 17.9 Å². The number of thioether (sulfide) groups is 1. The molecule has 0 amide bonds. The molecule has 4 heteroatoms. The third-order valence-corrected chi connectivity index (χ3v) is 5.24. The molecule has 1 aliphatic heterocycles. The lowest BCUT2D eigenvalue weighted by molar-refractivity contribution is 0.199. The first-order valence-electron chi connectivity index (χ1n) is 6.46. The fourth-order valence-corrected chi connectivity index (χ4v) is 3.89. The highest BCUT2D eigenvalue weighted by Gasteiger charge is 2.22. The Balaban J connectivity index is 2.26. The minimum atomic E-state index is -0.424. The van der Waals surface area contributed by atoms with Crippen LogP contribution in [-0.4, -0.2) is 29.2 Å². The zero-order chi connectivity index (χ0) is 13.1. The van der Waals surface area contributed by atoms with Crippen LogP contribution in [0.1, 0.15) is 31.9 Å². The van der Waals surface area contributed by atoms with Gasteiger partial charge in [0.25, 0.3) is 0 Å². The summed E-state index contributed by atoms with van der Waals surface area (Å²) in [5, 5.41) is 10.6. The number of benzene rings is 1. The highest BCUT2D eigenvalue weighted by atomic mass is 79.9. The summed E-state index contributed by atoms with van der Waals surface area (Å²) in [6.07, 6.45) is 0.786. The number of aliphatic hydroxyl groups is 1. The van der Waals surface area contributed by atoms with Gasteiger partial charge in [-0.05, 0) is 31.5 Å². The van der Waals surface area contributed by atoms with E-state index in [9.17, 15) is 5.11 Å². The van der Waals surface area contributed by atoms with Gasteiger partial charge < -0.3 is 10.0 Å². The first-order chi connectivity index (χ1) is 8.61. The minimum absolute atomic E-state index is 0.424. The first-order valence-corrected chi connectivity index (χ1v) is 8.30. The highest BCUT2D eigenvalue weighted by Crippen LogP contribution is 2.33. The lowest BCUT2D eigenvalue weighted by Gasteiger charge is -2.35. The number of anilines is 1. The molecular weight excluding hydrogens is 310 g/mol. The van der Waals surface area contributed by atoms with Crippen LogP contribution < -0.4 is 4.90 Å². The molecule has 2 atom stereocenters. The molecule has 1 aromatic rings. The molecule has 0 bridgehead atoms. The molecule has 0 aliphatic carbocycles. The molecule has 2 rings (SSSR count). The molecule has 1 heterocycles. The van der Waals surface area contributed by atoms with Crippen molar-refractivity contribution < 1.29 is 5.11 Å². The maximum atomic E-state index is 9.93. The van der Waals surface area contributed by atoms with Crippen LogP contribution in [0.5, 0.6) is 0 Å². The van der Waals surface area contributed by atoms with Crippen LogP contribution >= 0.6 is 27.7 Å². The van der Waals surface area contributed by atoms with E-state index in [0.717, 1.165) is 23.1 Å². The van der Waals surface area contributed by atoms with Crippen LogP contribution in [0.3, 0.4) is 0 Å². The molecule has 100 valence electrons. The monoisotopic (exact) mass is 329 g/mol. The summed E-state index contributed by atoms with van der Waals surface area (Å²) in [6.45, 7) is 6.24. The van der Waals surface area contributed by atoms with Crippen molar-refractivity contribution in [3.63, 3.8) is 0 Å². The Morgan fingerprint density at radius 3 is 3.00 bits per heavy atom. The third kappa shape index (κ3) is 3.22. The van der Waals surface area contributed by atoms with Crippen LogP contribution in [-0.2, 0) is 0 Å². The summed E-state index contributed by atoms with van der Waals surface area (Å²) in [5.74, 6) is 1.17. The van der Waals surface area contributed by atoms with E-state index >= 15 is 0 Å². The van der Waals surface area contributed by atoms with Crippen LogP contribution in [0.4, 0.5) is 5.69 Å². The Kier molecular flexibility index (Phi) is 4.98. The van der Waals surface area contributed by atoms with Gasteiger partial charge in [0.15, 0.2) is 0 Å². The molecule has 1 aromatic carbocycles. The van der Waals surface area contributed by atoms with Crippen molar-refractivity contribution in [3.05, 3.63) is 28.2 Å². The Bertz CT molecular complexity index is 411. The summed E-state index contributed by atoms with van der Waals surface area (Å²) in [4.78, 5) is 2.42. The van der Waals surface area contributed by atoms with Gasteiger partial charge in [-0.2, -0.15) is 11.8 Å². The van der Waals surface area contributed by atoms with Crippen molar-refractivity contribution >= 4 is 33.4 Å². The van der Waals surface area contributed by atoms with Gasteiger partial charge in [-0.25, -0.2) is 0 Å². The molecular formula is C14H20BrNOS. The molecule has 1 fully saturated rings. The van der Waals surface area contributed by atoms with E-state index in [1.54, 1.807) is 0 Å². The van der Waals surface area contributed by atoms with Crippen molar-refractivity contribution in [3.8, 4) is 0 Å². The van der Waals surface area contributed by atoms with Crippen molar-refractivity contribution in [2.75, 3.05) is 23.7 Å². The Labute approximate surface area is 122 Å². The van der Waals surface area contributed by atoms with Crippen molar-refractivity contribution in [1.82, 2.24) is 0 Å². The van der Waals surface area contributed by atoms with Gasteiger partial charge in [-0.3, -0.25) is 0 Å². The summed E-state index contributed by atoms with van der Waals surface area (Å²) < 4.78 is 1.03. The molecule has 18 heavy (non-hydrogen) atoms. The predicted octanol–water partition coefficient (Wildman–Crippen LogP) is 3.83. The molecule has 0 radical (unpaired) electrons. The second-order valence-corrected chi connectivity index (χ2v) is 7.05. The van der Waals surface area contributed by atoms with Gasteiger partial charge in [0.2, 0.25) is 0 Å². The molecule has 2 unspecified atom stereocenters. The summed E-state index contributed by atoms with van der Waals surface area (Å²) in [7, 11) is 0. The lowest BCUT2D eigenvalue weighted by Crippen LogP contribution is -2.38. The van der Waals surface area contributed by atoms with Gasteiger partial charge in [-0.1, -0.05) is 22.9 Å². The van der Waals surface area contributed by atoms with E-state index < -0.39 is 6.10 Å². The van der Waals surface area contributed by atoms with Crippen LogP contribution in [0.2, 0.25) is 0 Å². The van der Waals surface area contributed by atoms with Gasteiger partial charge in [0, 0.05) is 39.8 Å². The smallest absolute Gasteiger partial charge is 0.0782 e. The maximum absolute atomic E-state index is 9.93. The lowest BCUT2D eigenvalue weighted by atomic mass is 10.1. The van der Waals surface area contributed by atoms with Crippen LogP contribution in [0.25, 0.3) is 0 Å². The average Bonchev–Trinajstić information content (AvgIpc) is 2.38. The van der Waals surface area contributed by atoms with E-state index in [-0.39, 0.29) is 0 Å². The number of halogens is 1. The summed E-state index contributed by atoms with van der Waals surface area (Å²) in [6, 6.07) is 6.21. The molecule has 1 aliphatic rings. The van der Waals surface area contributed by atoms with E-state index in [2.05, 4.69) is 51.6 Å². The number of hydrogen-bond donors (Lipinski definition) is 1. The standard InChI is InChI=1S/C14H20BrNOS/c1-3-12-9-16(6-7-18-12)14-5-4-11(15)8-13(14)10(2)17/h4-5,8,10,12,17H,3,6-7,9H2,1-2H3. The Morgan fingerprint density at radius 2 is 2.33 bits per heavy atom. The fraction of sp³-hybridized carbons (Fsp3) is 0.571. The second kappa shape index (κ2) is 6.31. The maximum Gasteiger partial charge on any atom is 0.0782 e. The molecule has 2 nitrogen and oxygen atoms in total. The molecule has 0 spiro atoms. The van der Waals surface area contributed by atoms with Crippen molar-refractivity contribution in [2.45, 2.75) is 31.6 Å².